The summed E-state index contributed by atoms with van der Waals surface area (Å²) in [6, 6.07) is 4.35. The third-order valence-corrected chi connectivity index (χ3v) is 4.04. The third kappa shape index (κ3) is 3.72. The van der Waals surface area contributed by atoms with Crippen LogP contribution in [0.25, 0.3) is 0 Å². The van der Waals surface area contributed by atoms with E-state index in [0.717, 1.165) is 31.1 Å². The fourth-order valence-corrected chi connectivity index (χ4v) is 2.92. The van der Waals surface area contributed by atoms with Crippen LogP contribution in [0, 0.1) is 11.8 Å². The van der Waals surface area contributed by atoms with Gasteiger partial charge in [0.15, 0.2) is 0 Å². The van der Waals surface area contributed by atoms with Crippen molar-refractivity contribution in [3.05, 3.63) is 23.9 Å². The summed E-state index contributed by atoms with van der Waals surface area (Å²) < 4.78 is 0. The number of anilines is 1. The quantitative estimate of drug-likeness (QED) is 0.891. The SMILES string of the molecule is Cl.Cl.Nc1ncccc1CN1C[C@H](C2CC2)[C@@H](N)C1. The Morgan fingerprint density at radius 1 is 1.26 bits per heavy atom. The van der Waals surface area contributed by atoms with E-state index >= 15 is 0 Å². The number of aromatic nitrogens is 1. The smallest absolute Gasteiger partial charge is 0.127 e. The number of likely N-dealkylation sites (tertiary alicyclic amines) is 1. The van der Waals surface area contributed by atoms with E-state index in [9.17, 15) is 0 Å². The summed E-state index contributed by atoms with van der Waals surface area (Å²) in [5.74, 6) is 2.24. The van der Waals surface area contributed by atoms with Crippen LogP contribution in [-0.2, 0) is 6.54 Å². The van der Waals surface area contributed by atoms with E-state index in [1.807, 2.05) is 6.07 Å². The first-order chi connectivity index (χ1) is 8.24. The minimum absolute atomic E-state index is 0. The van der Waals surface area contributed by atoms with Gasteiger partial charge in [-0.1, -0.05) is 6.07 Å². The first-order valence-electron chi connectivity index (χ1n) is 6.41. The fraction of sp³-hybridized carbons (Fsp3) is 0.615. The minimum atomic E-state index is 0. The molecule has 2 fully saturated rings. The molecule has 108 valence electrons. The van der Waals surface area contributed by atoms with Crippen molar-refractivity contribution < 1.29 is 0 Å². The molecule has 2 atom stereocenters. The average molecular weight is 305 g/mol. The van der Waals surface area contributed by atoms with Crippen molar-refractivity contribution in [1.82, 2.24) is 9.88 Å². The highest BCUT2D eigenvalue weighted by molar-refractivity contribution is 5.85. The van der Waals surface area contributed by atoms with Crippen molar-refractivity contribution in [3.63, 3.8) is 0 Å². The minimum Gasteiger partial charge on any atom is -0.383 e. The van der Waals surface area contributed by atoms with E-state index in [1.165, 1.54) is 12.8 Å². The van der Waals surface area contributed by atoms with Crippen LogP contribution in [0.2, 0.25) is 0 Å². The number of pyridine rings is 1. The maximum Gasteiger partial charge on any atom is 0.127 e. The van der Waals surface area contributed by atoms with Crippen LogP contribution >= 0.6 is 24.8 Å². The summed E-state index contributed by atoms with van der Waals surface area (Å²) in [5.41, 5.74) is 13.2. The maximum absolute atomic E-state index is 6.21. The Kier molecular flexibility index (Phi) is 5.86. The van der Waals surface area contributed by atoms with E-state index in [-0.39, 0.29) is 24.8 Å². The monoisotopic (exact) mass is 304 g/mol. The standard InChI is InChI=1S/C13H20N4.2ClH/c14-12-8-17(7-11(12)9-3-4-9)6-10-2-1-5-16-13(10)15;;/h1-2,5,9,11-12H,3-4,6-8,14H2,(H2,15,16);2*1H/t11-,12+;;/m1../s1. The number of nitrogens with zero attached hydrogens (tertiary/aromatic N) is 2. The van der Waals surface area contributed by atoms with E-state index in [4.69, 9.17) is 11.5 Å². The summed E-state index contributed by atoms with van der Waals surface area (Å²) in [5, 5.41) is 0. The Labute approximate surface area is 126 Å². The zero-order valence-electron chi connectivity index (χ0n) is 10.9. The Morgan fingerprint density at radius 2 is 2.00 bits per heavy atom. The van der Waals surface area contributed by atoms with Crippen molar-refractivity contribution in [1.29, 1.82) is 0 Å². The highest BCUT2D eigenvalue weighted by atomic mass is 35.5. The lowest BCUT2D eigenvalue weighted by atomic mass is 9.99. The second kappa shape index (κ2) is 6.75. The molecule has 2 heterocycles. The zero-order valence-corrected chi connectivity index (χ0v) is 12.5. The van der Waals surface area contributed by atoms with Crippen LogP contribution in [0.3, 0.4) is 0 Å². The topological polar surface area (TPSA) is 68.2 Å². The second-order valence-corrected chi connectivity index (χ2v) is 5.41. The van der Waals surface area contributed by atoms with Crippen LogP contribution in [0.15, 0.2) is 18.3 Å². The van der Waals surface area contributed by atoms with Crippen LogP contribution in [0.5, 0.6) is 0 Å². The molecule has 3 rings (SSSR count). The molecule has 1 saturated heterocycles. The summed E-state index contributed by atoms with van der Waals surface area (Å²) in [6.07, 6.45) is 4.49. The summed E-state index contributed by atoms with van der Waals surface area (Å²) in [7, 11) is 0. The van der Waals surface area contributed by atoms with Gasteiger partial charge in [-0.25, -0.2) is 4.98 Å². The summed E-state index contributed by atoms with van der Waals surface area (Å²) in [6.45, 7) is 3.01. The Bertz CT molecular complexity index is 411. The van der Waals surface area contributed by atoms with Gasteiger partial charge in [0.1, 0.15) is 5.82 Å². The van der Waals surface area contributed by atoms with Gasteiger partial charge >= 0.3 is 0 Å². The van der Waals surface area contributed by atoms with E-state index < -0.39 is 0 Å². The van der Waals surface area contributed by atoms with Gasteiger partial charge in [0.25, 0.3) is 0 Å². The zero-order chi connectivity index (χ0) is 11.8. The molecule has 6 heteroatoms. The molecular formula is C13H22Cl2N4. The molecule has 1 aromatic rings. The first-order valence-corrected chi connectivity index (χ1v) is 6.41. The highest BCUT2D eigenvalue weighted by Gasteiger charge is 2.40. The van der Waals surface area contributed by atoms with Crippen molar-refractivity contribution in [3.8, 4) is 0 Å². The Morgan fingerprint density at radius 3 is 2.63 bits per heavy atom. The molecule has 0 unspecified atom stereocenters. The number of halogens is 2. The van der Waals surface area contributed by atoms with Crippen LogP contribution in [0.1, 0.15) is 18.4 Å². The molecule has 0 amide bonds. The normalized spacial score (nSPS) is 26.6. The van der Waals surface area contributed by atoms with E-state index in [2.05, 4.69) is 16.0 Å². The largest absolute Gasteiger partial charge is 0.383 e. The molecule has 0 spiro atoms. The maximum atomic E-state index is 6.21. The molecule has 0 bridgehead atoms. The van der Waals surface area contributed by atoms with Gasteiger partial charge in [-0.2, -0.15) is 0 Å². The lowest BCUT2D eigenvalue weighted by Crippen LogP contribution is -2.30. The third-order valence-electron chi connectivity index (χ3n) is 4.04. The molecule has 1 saturated carbocycles. The number of nitrogens with two attached hydrogens (primary N) is 2. The van der Waals surface area contributed by atoms with Crippen molar-refractivity contribution in [2.75, 3.05) is 18.8 Å². The van der Waals surface area contributed by atoms with Crippen LogP contribution in [0.4, 0.5) is 5.82 Å². The Hall–Kier alpha value is -0.550. The van der Waals surface area contributed by atoms with E-state index in [1.54, 1.807) is 6.20 Å². The van der Waals surface area contributed by atoms with Crippen molar-refractivity contribution >= 4 is 30.6 Å². The lowest BCUT2D eigenvalue weighted by molar-refractivity contribution is 0.310. The van der Waals surface area contributed by atoms with Gasteiger partial charge in [-0.3, -0.25) is 4.90 Å². The molecule has 0 radical (unpaired) electrons. The molecule has 4 N–H and O–H groups in total. The van der Waals surface area contributed by atoms with Gasteiger partial charge in [-0.05, 0) is 30.7 Å². The average Bonchev–Trinajstić information content (AvgIpc) is 3.07. The predicted molar refractivity (Wildman–Crippen MR) is 82.6 cm³/mol. The first kappa shape index (κ1) is 16.5. The van der Waals surface area contributed by atoms with Gasteiger partial charge < -0.3 is 11.5 Å². The number of nitrogen functional groups attached to an aromatic ring is 1. The van der Waals surface area contributed by atoms with Gasteiger partial charge in [0.05, 0.1) is 0 Å². The predicted octanol–water partition coefficient (Wildman–Crippen LogP) is 1.68. The van der Waals surface area contributed by atoms with E-state index in [0.29, 0.717) is 17.8 Å². The number of rotatable bonds is 3. The summed E-state index contributed by atoms with van der Waals surface area (Å²) in [4.78, 5) is 6.54. The molecule has 19 heavy (non-hydrogen) atoms. The molecule has 2 aliphatic rings. The molecule has 4 nitrogen and oxygen atoms in total. The van der Waals surface area contributed by atoms with Crippen LogP contribution in [-0.4, -0.2) is 29.0 Å². The molecular weight excluding hydrogens is 283 g/mol. The lowest BCUT2D eigenvalue weighted by Gasteiger charge is -2.16. The highest BCUT2D eigenvalue weighted by Crippen LogP contribution is 2.41. The van der Waals surface area contributed by atoms with Crippen molar-refractivity contribution in [2.24, 2.45) is 17.6 Å². The summed E-state index contributed by atoms with van der Waals surface area (Å²) >= 11 is 0. The van der Waals surface area contributed by atoms with Gasteiger partial charge in [0, 0.05) is 37.4 Å². The molecule has 1 aliphatic heterocycles. The fourth-order valence-electron chi connectivity index (χ4n) is 2.92. The van der Waals surface area contributed by atoms with Gasteiger partial charge in [-0.15, -0.1) is 24.8 Å². The number of hydrogen-bond acceptors (Lipinski definition) is 4. The Balaban J connectivity index is 0.000000902. The van der Waals surface area contributed by atoms with Crippen molar-refractivity contribution in [2.45, 2.75) is 25.4 Å². The number of hydrogen-bond donors (Lipinski definition) is 2. The molecule has 1 aromatic heterocycles. The second-order valence-electron chi connectivity index (χ2n) is 5.41. The molecule has 0 aromatic carbocycles. The van der Waals surface area contributed by atoms with Gasteiger partial charge in [0.2, 0.25) is 0 Å². The van der Waals surface area contributed by atoms with Crippen LogP contribution < -0.4 is 11.5 Å². The molecule has 1 aliphatic carbocycles.